The fourth-order valence-corrected chi connectivity index (χ4v) is 5.17. The Kier molecular flexibility index (Phi) is 6.24. The molecule has 2 aromatic carbocycles. The second-order valence-electron chi connectivity index (χ2n) is 9.10. The summed E-state index contributed by atoms with van der Waals surface area (Å²) in [6, 6.07) is 14.3. The first-order chi connectivity index (χ1) is 16.5. The molecule has 0 radical (unpaired) electrons. The number of ether oxygens (including phenoxy) is 2. The van der Waals surface area contributed by atoms with Crippen LogP contribution in [-0.4, -0.2) is 66.4 Å². The lowest BCUT2D eigenvalue weighted by atomic mass is 9.79. The van der Waals surface area contributed by atoms with E-state index in [-0.39, 0.29) is 44.1 Å². The molecule has 2 amide bonds. The van der Waals surface area contributed by atoms with Gasteiger partial charge >= 0.3 is 12.1 Å². The number of carbonyl (C=O) groups excluding carboxylic acids is 2. The molecule has 1 saturated heterocycles. The first-order valence-corrected chi connectivity index (χ1v) is 11.8. The lowest BCUT2D eigenvalue weighted by molar-refractivity contribution is -0.160. The summed E-state index contributed by atoms with van der Waals surface area (Å²) in [5.41, 5.74) is 4.50. The summed E-state index contributed by atoms with van der Waals surface area (Å²) >= 11 is 0. The molecule has 2 aliphatic carbocycles. The highest BCUT2D eigenvalue weighted by Gasteiger charge is 2.41. The third-order valence-corrected chi connectivity index (χ3v) is 7.20. The monoisotopic (exact) mass is 464 g/mol. The van der Waals surface area contributed by atoms with Crippen molar-refractivity contribution in [2.24, 2.45) is 5.92 Å². The van der Waals surface area contributed by atoms with E-state index < -0.39 is 24.1 Å². The molecule has 8 heteroatoms. The van der Waals surface area contributed by atoms with Gasteiger partial charge in [-0.25, -0.2) is 9.59 Å². The summed E-state index contributed by atoms with van der Waals surface area (Å²) in [6.45, 7) is 0.563. The lowest BCUT2D eigenvalue weighted by Crippen LogP contribution is -2.60. The largest absolute Gasteiger partial charge is 0.480 e. The van der Waals surface area contributed by atoms with Crippen molar-refractivity contribution in [1.29, 1.82) is 0 Å². The molecule has 2 aromatic rings. The van der Waals surface area contributed by atoms with E-state index in [0.717, 1.165) is 41.5 Å². The standard InChI is InChI=1S/C26H28N2O6/c29-24(28-12-13-33-15-22(28)25(30)31)23(16-6-5-7-16)27-26(32)34-14-21-19-10-3-1-8-17(19)18-9-2-4-11-20(18)21/h1-4,8-11,16,21-23H,5-7,12-15H2,(H,27,32)(H,30,31). The molecule has 2 atom stereocenters. The summed E-state index contributed by atoms with van der Waals surface area (Å²) in [6.07, 6.45) is 1.93. The molecule has 34 heavy (non-hydrogen) atoms. The van der Waals surface area contributed by atoms with Gasteiger partial charge in [0.05, 0.1) is 13.2 Å². The number of amides is 2. The van der Waals surface area contributed by atoms with Crippen LogP contribution in [0.1, 0.15) is 36.3 Å². The van der Waals surface area contributed by atoms with Crippen molar-refractivity contribution in [3.63, 3.8) is 0 Å². The molecule has 2 N–H and O–H groups in total. The zero-order valence-corrected chi connectivity index (χ0v) is 18.8. The van der Waals surface area contributed by atoms with E-state index in [4.69, 9.17) is 9.47 Å². The Hall–Kier alpha value is -3.39. The van der Waals surface area contributed by atoms with Crippen molar-refractivity contribution in [2.75, 3.05) is 26.4 Å². The van der Waals surface area contributed by atoms with Crippen LogP contribution in [0.2, 0.25) is 0 Å². The van der Waals surface area contributed by atoms with Crippen LogP contribution >= 0.6 is 0 Å². The lowest BCUT2D eigenvalue weighted by Gasteiger charge is -2.39. The number of aliphatic carboxylic acids is 1. The number of morpholine rings is 1. The zero-order chi connectivity index (χ0) is 23.7. The number of alkyl carbamates (subject to hydrolysis) is 1. The van der Waals surface area contributed by atoms with Gasteiger partial charge in [-0.1, -0.05) is 55.0 Å². The number of hydrogen-bond donors (Lipinski definition) is 2. The van der Waals surface area contributed by atoms with Crippen molar-refractivity contribution in [3.8, 4) is 11.1 Å². The van der Waals surface area contributed by atoms with Crippen molar-refractivity contribution >= 4 is 18.0 Å². The van der Waals surface area contributed by atoms with Crippen LogP contribution in [0.15, 0.2) is 48.5 Å². The molecule has 1 aliphatic heterocycles. The molecule has 2 unspecified atom stereocenters. The van der Waals surface area contributed by atoms with Crippen molar-refractivity contribution < 1.29 is 29.0 Å². The molecule has 0 bridgehead atoms. The minimum Gasteiger partial charge on any atom is -0.480 e. The van der Waals surface area contributed by atoms with Crippen LogP contribution in [0.5, 0.6) is 0 Å². The van der Waals surface area contributed by atoms with E-state index in [1.807, 2.05) is 36.4 Å². The minimum atomic E-state index is -1.11. The van der Waals surface area contributed by atoms with Crippen LogP contribution in [0.25, 0.3) is 11.1 Å². The fraction of sp³-hybridized carbons (Fsp3) is 0.423. The van der Waals surface area contributed by atoms with Crippen molar-refractivity contribution in [2.45, 2.75) is 37.3 Å². The average molecular weight is 465 g/mol. The average Bonchev–Trinajstić information content (AvgIpc) is 3.14. The Labute approximate surface area is 197 Å². The first-order valence-electron chi connectivity index (χ1n) is 11.8. The normalized spacial score (nSPS) is 20.6. The van der Waals surface area contributed by atoms with Gasteiger partial charge < -0.3 is 24.8 Å². The number of nitrogens with one attached hydrogen (secondary N) is 1. The van der Waals surface area contributed by atoms with Crippen LogP contribution in [0, 0.1) is 5.92 Å². The number of benzene rings is 2. The maximum atomic E-state index is 13.3. The Bertz CT molecular complexity index is 1050. The predicted molar refractivity (Wildman–Crippen MR) is 123 cm³/mol. The summed E-state index contributed by atoms with van der Waals surface area (Å²) < 4.78 is 10.9. The molecule has 2 fully saturated rings. The first kappa shape index (κ1) is 22.4. The molecule has 0 aromatic heterocycles. The van der Waals surface area contributed by atoms with Crippen molar-refractivity contribution in [3.05, 3.63) is 59.7 Å². The number of nitrogens with zero attached hydrogens (tertiary/aromatic N) is 1. The molecular weight excluding hydrogens is 436 g/mol. The Morgan fingerprint density at radius 2 is 1.71 bits per heavy atom. The van der Waals surface area contributed by atoms with Crippen LogP contribution in [0.4, 0.5) is 4.79 Å². The smallest absolute Gasteiger partial charge is 0.407 e. The third-order valence-electron chi connectivity index (χ3n) is 7.20. The quantitative estimate of drug-likeness (QED) is 0.681. The number of hydrogen-bond acceptors (Lipinski definition) is 5. The Morgan fingerprint density at radius 1 is 1.06 bits per heavy atom. The molecule has 3 aliphatic rings. The maximum Gasteiger partial charge on any atom is 0.407 e. The highest BCUT2D eigenvalue weighted by atomic mass is 16.5. The maximum absolute atomic E-state index is 13.3. The SMILES string of the molecule is O=C(NC(C(=O)N1CCOCC1C(=O)O)C1CCC1)OCC1c2ccccc2-c2ccccc21. The van der Waals surface area contributed by atoms with E-state index in [2.05, 4.69) is 17.4 Å². The van der Waals surface area contributed by atoms with Crippen molar-refractivity contribution in [1.82, 2.24) is 10.2 Å². The second-order valence-corrected chi connectivity index (χ2v) is 9.10. The topological polar surface area (TPSA) is 105 Å². The minimum absolute atomic E-state index is 0.0229. The van der Waals surface area contributed by atoms with Gasteiger partial charge in [0.2, 0.25) is 5.91 Å². The Morgan fingerprint density at radius 3 is 2.29 bits per heavy atom. The molecule has 1 saturated carbocycles. The summed E-state index contributed by atoms with van der Waals surface area (Å²) in [4.78, 5) is 39.1. The van der Waals surface area contributed by atoms with Gasteiger partial charge in [-0.15, -0.1) is 0 Å². The highest BCUT2D eigenvalue weighted by molar-refractivity contribution is 5.90. The van der Waals surface area contributed by atoms with E-state index in [1.54, 1.807) is 0 Å². The van der Waals surface area contributed by atoms with E-state index in [0.29, 0.717) is 0 Å². The molecule has 178 valence electrons. The van der Waals surface area contributed by atoms with Gasteiger partial charge in [0.25, 0.3) is 0 Å². The summed E-state index contributed by atoms with van der Waals surface area (Å²) in [7, 11) is 0. The molecule has 0 spiro atoms. The predicted octanol–water partition coefficient (Wildman–Crippen LogP) is 3.01. The van der Waals surface area contributed by atoms with Crippen LogP contribution in [-0.2, 0) is 19.1 Å². The van der Waals surface area contributed by atoms with Gasteiger partial charge in [0.15, 0.2) is 6.04 Å². The van der Waals surface area contributed by atoms with Crippen LogP contribution in [0.3, 0.4) is 0 Å². The van der Waals surface area contributed by atoms with E-state index >= 15 is 0 Å². The van der Waals surface area contributed by atoms with Gasteiger partial charge in [0, 0.05) is 12.5 Å². The van der Waals surface area contributed by atoms with Gasteiger partial charge in [0.1, 0.15) is 12.6 Å². The second kappa shape index (κ2) is 9.46. The molecule has 1 heterocycles. The summed E-state index contributed by atoms with van der Waals surface area (Å²) in [5, 5.41) is 12.3. The zero-order valence-electron chi connectivity index (χ0n) is 18.8. The van der Waals surface area contributed by atoms with Gasteiger partial charge in [-0.2, -0.15) is 0 Å². The molecular formula is C26H28N2O6. The molecule has 8 nitrogen and oxygen atoms in total. The van der Waals surface area contributed by atoms with Gasteiger partial charge in [-0.05, 0) is 41.0 Å². The number of carboxylic acid groups (broad SMARTS) is 1. The van der Waals surface area contributed by atoms with Crippen LogP contribution < -0.4 is 5.32 Å². The Balaban J connectivity index is 1.28. The number of fused-ring (bicyclic) bond motifs is 3. The third kappa shape index (κ3) is 4.14. The highest BCUT2D eigenvalue weighted by Crippen LogP contribution is 2.44. The number of carbonyl (C=O) groups is 3. The number of carboxylic acids is 1. The van der Waals surface area contributed by atoms with E-state index in [9.17, 15) is 19.5 Å². The summed E-state index contributed by atoms with van der Waals surface area (Å²) in [5.74, 6) is -1.59. The fourth-order valence-electron chi connectivity index (χ4n) is 5.17. The number of rotatable bonds is 6. The van der Waals surface area contributed by atoms with E-state index in [1.165, 1.54) is 4.90 Å². The molecule has 5 rings (SSSR count). The van der Waals surface area contributed by atoms with Gasteiger partial charge in [-0.3, -0.25) is 4.79 Å².